The van der Waals surface area contributed by atoms with E-state index in [2.05, 4.69) is 77.8 Å². The smallest absolute Gasteiger partial charge is 0.300 e. The van der Waals surface area contributed by atoms with Crippen LogP contribution in [-0.2, 0) is 25.4 Å². The summed E-state index contributed by atoms with van der Waals surface area (Å²) in [6.45, 7) is 20.8. The average molecular weight is 777 g/mol. The van der Waals surface area contributed by atoms with E-state index in [-0.39, 0.29) is 35.7 Å². The number of aromatic nitrogens is 3. The van der Waals surface area contributed by atoms with Gasteiger partial charge in [0.05, 0.1) is 36.1 Å². The first kappa shape index (κ1) is 40.4. The van der Waals surface area contributed by atoms with Crippen LogP contribution in [0.1, 0.15) is 71.3 Å². The Labute approximate surface area is 315 Å². The third kappa shape index (κ3) is 10.5. The van der Waals surface area contributed by atoms with Crippen LogP contribution in [0.2, 0.25) is 48.8 Å². The number of halogens is 1. The number of hydrogen-bond donors (Lipinski definition) is 1. The van der Waals surface area contributed by atoms with Crippen molar-refractivity contribution >= 4 is 56.0 Å². The highest BCUT2D eigenvalue weighted by atomic mass is 35.5. The molecule has 0 amide bonds. The molecule has 1 aromatic carbocycles. The Morgan fingerprint density at radius 1 is 1.10 bits per heavy atom. The normalized spacial score (nSPS) is 22.4. The molecule has 282 valence electrons. The molecular weight excluding hydrogens is 718 g/mol. The van der Waals surface area contributed by atoms with Gasteiger partial charge < -0.3 is 23.7 Å². The molecule has 3 aromatic rings. The molecule has 2 fully saturated rings. The fraction of sp³-hybridized carbons (Fsp3) is 0.658. The highest BCUT2D eigenvalue weighted by molar-refractivity contribution is 8.14. The highest BCUT2D eigenvalue weighted by Gasteiger charge is 2.43. The first-order valence-electron chi connectivity index (χ1n) is 18.4. The van der Waals surface area contributed by atoms with E-state index in [1.54, 1.807) is 6.92 Å². The summed E-state index contributed by atoms with van der Waals surface area (Å²) in [6, 6.07) is 11.9. The van der Waals surface area contributed by atoms with Crippen molar-refractivity contribution in [1.29, 1.82) is 0 Å². The number of hydrogen-bond acceptors (Lipinski definition) is 9. The molecule has 1 aliphatic carbocycles. The van der Waals surface area contributed by atoms with Crippen molar-refractivity contribution in [2.45, 2.75) is 140 Å². The van der Waals surface area contributed by atoms with Gasteiger partial charge in [0.1, 0.15) is 18.4 Å². The molecule has 9 nitrogen and oxygen atoms in total. The van der Waals surface area contributed by atoms with Crippen LogP contribution in [-0.4, -0.2) is 84.5 Å². The molecule has 2 aliphatic rings. The average Bonchev–Trinajstić information content (AvgIpc) is 3.64. The zero-order chi connectivity index (χ0) is 37.1. The van der Waals surface area contributed by atoms with Crippen LogP contribution in [0.15, 0.2) is 30.3 Å². The second kappa shape index (κ2) is 16.7. The van der Waals surface area contributed by atoms with E-state index < -0.39 is 22.5 Å². The van der Waals surface area contributed by atoms with Gasteiger partial charge in [-0.25, -0.2) is 4.98 Å². The fourth-order valence-corrected chi connectivity index (χ4v) is 9.84. The lowest BCUT2D eigenvalue weighted by Gasteiger charge is -2.40. The number of nitrogens with zero attached hydrogens (tertiary/aromatic N) is 3. The molecule has 2 aromatic heterocycles. The van der Waals surface area contributed by atoms with E-state index in [0.717, 1.165) is 37.3 Å². The summed E-state index contributed by atoms with van der Waals surface area (Å²) in [5, 5.41) is 11.5. The van der Waals surface area contributed by atoms with E-state index in [1.807, 2.05) is 10.6 Å². The van der Waals surface area contributed by atoms with Crippen LogP contribution in [0.5, 0.6) is 6.01 Å². The van der Waals surface area contributed by atoms with Crippen molar-refractivity contribution in [3.63, 3.8) is 0 Å². The van der Waals surface area contributed by atoms with E-state index in [9.17, 15) is 9.90 Å². The molecule has 3 unspecified atom stereocenters. The minimum Gasteiger partial charge on any atom is -0.459 e. The summed E-state index contributed by atoms with van der Waals surface area (Å²) in [5.41, 5.74) is 4.21. The van der Waals surface area contributed by atoms with Gasteiger partial charge in [0, 0.05) is 38.8 Å². The van der Waals surface area contributed by atoms with Crippen LogP contribution in [0.25, 0.3) is 22.4 Å². The number of ether oxygens (including phenoxy) is 3. The van der Waals surface area contributed by atoms with Crippen LogP contribution < -0.4 is 4.74 Å². The van der Waals surface area contributed by atoms with Gasteiger partial charge in [-0.15, -0.1) is 0 Å². The second-order valence-corrected chi connectivity index (χ2v) is 29.2. The number of aliphatic hydroxyl groups excluding tert-OH is 1. The molecule has 0 spiro atoms. The first-order chi connectivity index (χ1) is 23.9. The number of carbonyl (C=O) groups is 1. The van der Waals surface area contributed by atoms with Gasteiger partial charge in [-0.2, -0.15) is 4.98 Å². The molecule has 1 saturated heterocycles. The quantitative estimate of drug-likeness (QED) is 0.127. The number of benzene rings is 1. The summed E-state index contributed by atoms with van der Waals surface area (Å²) in [7, 11) is -3.41. The monoisotopic (exact) mass is 775 g/mol. The van der Waals surface area contributed by atoms with Crippen molar-refractivity contribution in [2.75, 3.05) is 19.8 Å². The highest BCUT2D eigenvalue weighted by Crippen LogP contribution is 2.40. The second-order valence-electron chi connectivity index (χ2n) is 17.0. The molecule has 3 atom stereocenters. The largest absolute Gasteiger partial charge is 0.459 e. The van der Waals surface area contributed by atoms with Crippen LogP contribution in [0, 0.1) is 0 Å². The SMILES string of the molecule is CC(=O)SC1CCC(c2ccc(-c3nc4c(cc3Cl)nc(OC3COC(C(CO)O[Si](C)(C)C(C)(C)C)C3)n4COCC[Si](C)(C)C)cc2)CC1. The Morgan fingerprint density at radius 3 is 2.39 bits per heavy atom. The first-order valence-corrected chi connectivity index (χ1v) is 26.3. The van der Waals surface area contributed by atoms with Gasteiger partial charge in [0.15, 0.2) is 19.1 Å². The zero-order valence-electron chi connectivity index (χ0n) is 32.0. The fourth-order valence-electron chi connectivity index (χ4n) is 6.51. The third-order valence-electron chi connectivity index (χ3n) is 10.6. The minimum absolute atomic E-state index is 0.0147. The zero-order valence-corrected chi connectivity index (χ0v) is 35.5. The maximum absolute atomic E-state index is 11.6. The number of thioether (sulfide) groups is 1. The van der Waals surface area contributed by atoms with Crippen LogP contribution in [0.4, 0.5) is 0 Å². The lowest BCUT2D eigenvalue weighted by Crippen LogP contribution is -2.48. The van der Waals surface area contributed by atoms with Gasteiger partial charge in [-0.1, -0.05) is 88.0 Å². The Kier molecular flexibility index (Phi) is 13.2. The molecular formula is C38H58ClN3O6SSi2. The number of rotatable bonds is 14. The molecule has 5 rings (SSSR count). The number of fused-ring (bicyclic) bond motifs is 1. The lowest BCUT2D eigenvalue weighted by molar-refractivity contribution is -0.109. The Hall–Kier alpha value is -1.78. The van der Waals surface area contributed by atoms with Crippen molar-refractivity contribution in [3.8, 4) is 17.3 Å². The molecule has 1 N–H and O–H groups in total. The van der Waals surface area contributed by atoms with Gasteiger partial charge >= 0.3 is 6.01 Å². The molecule has 0 bridgehead atoms. The Morgan fingerprint density at radius 2 is 1.78 bits per heavy atom. The summed E-state index contributed by atoms with van der Waals surface area (Å²) in [4.78, 5) is 21.5. The van der Waals surface area contributed by atoms with Crippen molar-refractivity contribution in [3.05, 3.63) is 40.9 Å². The topological polar surface area (TPSA) is 105 Å². The number of carbonyl (C=O) groups excluding carboxylic acids is 1. The van der Waals surface area contributed by atoms with Gasteiger partial charge in [-0.05, 0) is 67.4 Å². The Balaban J connectivity index is 1.35. The van der Waals surface area contributed by atoms with E-state index in [1.165, 1.54) is 17.3 Å². The van der Waals surface area contributed by atoms with E-state index >= 15 is 0 Å². The molecule has 13 heteroatoms. The summed E-state index contributed by atoms with van der Waals surface area (Å²) >= 11 is 8.38. The van der Waals surface area contributed by atoms with E-state index in [4.69, 9.17) is 40.2 Å². The number of imidazole rings is 1. The predicted molar refractivity (Wildman–Crippen MR) is 213 cm³/mol. The lowest BCUT2D eigenvalue weighted by atomic mass is 9.83. The van der Waals surface area contributed by atoms with Crippen LogP contribution in [0.3, 0.4) is 0 Å². The van der Waals surface area contributed by atoms with E-state index in [0.29, 0.717) is 58.7 Å². The van der Waals surface area contributed by atoms with Crippen molar-refractivity contribution in [1.82, 2.24) is 14.5 Å². The molecule has 0 radical (unpaired) electrons. The summed E-state index contributed by atoms with van der Waals surface area (Å²) < 4.78 is 27.4. The molecule has 51 heavy (non-hydrogen) atoms. The van der Waals surface area contributed by atoms with Crippen molar-refractivity contribution in [2.24, 2.45) is 0 Å². The molecule has 1 aliphatic heterocycles. The predicted octanol–water partition coefficient (Wildman–Crippen LogP) is 9.29. The van der Waals surface area contributed by atoms with Crippen LogP contribution >= 0.6 is 23.4 Å². The number of aliphatic hydroxyl groups is 1. The maximum atomic E-state index is 11.6. The maximum Gasteiger partial charge on any atom is 0.300 e. The minimum atomic E-state index is -2.12. The van der Waals surface area contributed by atoms with Gasteiger partial charge in [-0.3, -0.25) is 9.36 Å². The molecule has 3 heterocycles. The summed E-state index contributed by atoms with van der Waals surface area (Å²) in [6.07, 6.45) is 3.91. The van der Waals surface area contributed by atoms with Crippen molar-refractivity contribution < 1.29 is 28.5 Å². The van der Waals surface area contributed by atoms with Gasteiger partial charge in [0.25, 0.3) is 0 Å². The summed E-state index contributed by atoms with van der Waals surface area (Å²) in [5.74, 6) is 0.494. The number of pyridine rings is 1. The third-order valence-corrected chi connectivity index (χ3v) is 18.3. The Bertz CT molecular complexity index is 1630. The van der Waals surface area contributed by atoms with Gasteiger partial charge in [0.2, 0.25) is 0 Å². The standard InChI is InChI=1S/C38H58ClN3O6SSi2/c1-25(44)49-30-16-14-27(15-17-30)26-10-12-28(13-11-26)35-31(39)21-32-36(41-35)42(24-45-18-19-50(5,6)7)37(40-32)47-29-20-33(46-23-29)34(22-43)48-51(8,9)38(2,3)4/h10-13,21,27,29-30,33-34,43H,14-20,22-24H2,1-9H3. The molecule has 1 saturated carbocycles.